The van der Waals surface area contributed by atoms with E-state index < -0.39 is 5.97 Å². The van der Waals surface area contributed by atoms with Crippen LogP contribution in [0.2, 0.25) is 0 Å². The standard InChI is InChI=1S/C23H17N3O2S/c1-14-24-25-22(29-14)18-8-9-19-20(23(27)28)13-26(21(19)11-18)12-15-6-7-16-4-2-3-5-17(16)10-15/h2-11,13H,12H2,1H3,(H,27,28). The summed E-state index contributed by atoms with van der Waals surface area (Å²) in [7, 11) is 0. The van der Waals surface area contributed by atoms with Gasteiger partial charge in [-0.25, -0.2) is 4.79 Å². The van der Waals surface area contributed by atoms with E-state index in [4.69, 9.17) is 0 Å². The number of benzene rings is 3. The van der Waals surface area contributed by atoms with Crippen LogP contribution in [0.4, 0.5) is 0 Å². The van der Waals surface area contributed by atoms with Gasteiger partial charge in [-0.1, -0.05) is 59.9 Å². The number of aryl methyl sites for hydroxylation is 1. The molecule has 0 unspecified atom stereocenters. The highest BCUT2D eigenvalue weighted by Gasteiger charge is 2.16. The van der Waals surface area contributed by atoms with Crippen molar-refractivity contribution in [3.8, 4) is 10.6 Å². The van der Waals surface area contributed by atoms with Crippen LogP contribution in [-0.2, 0) is 6.54 Å². The fraction of sp³-hybridized carbons (Fsp3) is 0.0870. The molecule has 5 aromatic rings. The first kappa shape index (κ1) is 17.6. The Morgan fingerprint density at radius 2 is 1.86 bits per heavy atom. The van der Waals surface area contributed by atoms with Crippen molar-refractivity contribution in [2.75, 3.05) is 0 Å². The highest BCUT2D eigenvalue weighted by Crippen LogP contribution is 2.30. The minimum Gasteiger partial charge on any atom is -0.478 e. The average molecular weight is 399 g/mol. The molecule has 3 aromatic carbocycles. The molecule has 5 rings (SSSR count). The molecule has 0 spiro atoms. The average Bonchev–Trinajstić information content (AvgIpc) is 3.31. The molecule has 0 bridgehead atoms. The Morgan fingerprint density at radius 3 is 2.62 bits per heavy atom. The highest BCUT2D eigenvalue weighted by molar-refractivity contribution is 7.14. The molecule has 142 valence electrons. The van der Waals surface area contributed by atoms with Crippen LogP contribution in [-0.4, -0.2) is 25.8 Å². The number of hydrogen-bond donors (Lipinski definition) is 1. The van der Waals surface area contributed by atoms with E-state index >= 15 is 0 Å². The Bertz CT molecular complexity index is 1380. The van der Waals surface area contributed by atoms with E-state index in [0.717, 1.165) is 32.0 Å². The molecule has 0 radical (unpaired) electrons. The van der Waals surface area contributed by atoms with Crippen molar-refractivity contribution in [1.29, 1.82) is 0 Å². The number of rotatable bonds is 4. The van der Waals surface area contributed by atoms with Gasteiger partial charge in [-0.2, -0.15) is 0 Å². The van der Waals surface area contributed by atoms with E-state index in [1.54, 1.807) is 6.20 Å². The van der Waals surface area contributed by atoms with Gasteiger partial charge in [-0.3, -0.25) is 0 Å². The number of carboxylic acids is 1. The third kappa shape index (κ3) is 3.17. The van der Waals surface area contributed by atoms with Gasteiger partial charge in [0.25, 0.3) is 0 Å². The number of fused-ring (bicyclic) bond motifs is 2. The molecule has 1 N–H and O–H groups in total. The maximum atomic E-state index is 11.8. The Labute approximate surface area is 170 Å². The van der Waals surface area contributed by atoms with Crippen LogP contribution in [0.3, 0.4) is 0 Å². The number of carbonyl (C=O) groups is 1. The molecule has 0 fully saturated rings. The summed E-state index contributed by atoms with van der Waals surface area (Å²) in [6.45, 7) is 2.51. The highest BCUT2D eigenvalue weighted by atomic mass is 32.1. The third-order valence-electron chi connectivity index (χ3n) is 5.05. The molecule has 0 saturated heterocycles. The van der Waals surface area contributed by atoms with Crippen molar-refractivity contribution in [1.82, 2.24) is 14.8 Å². The number of hydrogen-bond acceptors (Lipinski definition) is 4. The van der Waals surface area contributed by atoms with E-state index in [0.29, 0.717) is 12.1 Å². The van der Waals surface area contributed by atoms with Crippen molar-refractivity contribution in [2.24, 2.45) is 0 Å². The minimum atomic E-state index is -0.924. The van der Waals surface area contributed by atoms with E-state index in [9.17, 15) is 9.90 Å². The molecule has 29 heavy (non-hydrogen) atoms. The lowest BCUT2D eigenvalue weighted by Gasteiger charge is -2.08. The Hall–Kier alpha value is -3.51. The van der Waals surface area contributed by atoms with Gasteiger partial charge in [-0.15, -0.1) is 10.2 Å². The van der Waals surface area contributed by atoms with Gasteiger partial charge in [-0.05, 0) is 35.4 Å². The molecule has 0 saturated carbocycles. The summed E-state index contributed by atoms with van der Waals surface area (Å²) >= 11 is 1.53. The van der Waals surface area contributed by atoms with Crippen LogP contribution in [0.1, 0.15) is 20.9 Å². The van der Waals surface area contributed by atoms with Gasteiger partial charge in [0.05, 0.1) is 5.56 Å². The second kappa shape index (κ2) is 6.83. The van der Waals surface area contributed by atoms with Crippen LogP contribution in [0, 0.1) is 6.92 Å². The summed E-state index contributed by atoms with van der Waals surface area (Å²) in [6.07, 6.45) is 1.72. The molecule has 6 heteroatoms. The number of aromatic carboxylic acids is 1. The van der Waals surface area contributed by atoms with Crippen LogP contribution in [0.5, 0.6) is 0 Å². The quantitative estimate of drug-likeness (QED) is 0.441. The van der Waals surface area contributed by atoms with Gasteiger partial charge >= 0.3 is 5.97 Å². The minimum absolute atomic E-state index is 0.306. The molecule has 0 atom stereocenters. The summed E-state index contributed by atoms with van der Waals surface area (Å²) < 4.78 is 2.00. The lowest BCUT2D eigenvalue weighted by molar-refractivity contribution is 0.0699. The molecular formula is C23H17N3O2S. The number of aromatic nitrogens is 3. The van der Waals surface area contributed by atoms with Crippen molar-refractivity contribution >= 4 is 39.0 Å². The van der Waals surface area contributed by atoms with Gasteiger partial charge in [0, 0.05) is 29.2 Å². The molecule has 0 aliphatic carbocycles. The van der Waals surface area contributed by atoms with E-state index in [2.05, 4.69) is 40.5 Å². The SMILES string of the molecule is Cc1nnc(-c2ccc3c(C(=O)O)cn(Cc4ccc5ccccc5c4)c3c2)s1. The first-order valence-electron chi connectivity index (χ1n) is 9.23. The smallest absolute Gasteiger partial charge is 0.337 e. The van der Waals surface area contributed by atoms with Gasteiger partial charge < -0.3 is 9.67 Å². The Balaban J connectivity index is 1.63. The van der Waals surface area contributed by atoms with Crippen LogP contribution in [0.15, 0.2) is 66.9 Å². The summed E-state index contributed by atoms with van der Waals surface area (Å²) in [5.41, 5.74) is 3.24. The zero-order valence-electron chi connectivity index (χ0n) is 15.7. The molecular weight excluding hydrogens is 382 g/mol. The van der Waals surface area contributed by atoms with Crippen molar-refractivity contribution in [3.63, 3.8) is 0 Å². The maximum absolute atomic E-state index is 11.8. The fourth-order valence-corrected chi connectivity index (χ4v) is 4.36. The fourth-order valence-electron chi connectivity index (χ4n) is 3.67. The van der Waals surface area contributed by atoms with E-state index in [1.807, 2.05) is 41.8 Å². The number of nitrogens with zero attached hydrogens (tertiary/aromatic N) is 3. The second-order valence-corrected chi connectivity index (χ2v) is 8.20. The lowest BCUT2D eigenvalue weighted by atomic mass is 10.1. The monoisotopic (exact) mass is 399 g/mol. The van der Waals surface area contributed by atoms with Gasteiger partial charge in [0.1, 0.15) is 10.0 Å². The zero-order valence-corrected chi connectivity index (χ0v) is 16.5. The largest absolute Gasteiger partial charge is 0.478 e. The van der Waals surface area contributed by atoms with Gasteiger partial charge in [0.15, 0.2) is 0 Å². The Morgan fingerprint density at radius 1 is 1.03 bits per heavy atom. The van der Waals surface area contributed by atoms with Gasteiger partial charge in [0.2, 0.25) is 0 Å². The lowest BCUT2D eigenvalue weighted by Crippen LogP contribution is -1.99. The topological polar surface area (TPSA) is 68.0 Å². The molecule has 2 aromatic heterocycles. The normalized spacial score (nSPS) is 11.3. The maximum Gasteiger partial charge on any atom is 0.337 e. The van der Waals surface area contributed by atoms with Crippen LogP contribution >= 0.6 is 11.3 Å². The first-order valence-corrected chi connectivity index (χ1v) is 10.0. The van der Waals surface area contributed by atoms with Crippen molar-refractivity contribution in [3.05, 3.63) is 83.0 Å². The Kier molecular flexibility index (Phi) is 4.14. The van der Waals surface area contributed by atoms with Crippen LogP contribution in [0.25, 0.3) is 32.2 Å². The molecule has 0 aliphatic rings. The zero-order chi connectivity index (χ0) is 20.0. The van der Waals surface area contributed by atoms with Crippen molar-refractivity contribution < 1.29 is 9.90 Å². The molecule has 0 amide bonds. The molecule has 0 aliphatic heterocycles. The predicted octanol–water partition coefficient (Wildman–Crippen LogP) is 5.37. The summed E-state index contributed by atoms with van der Waals surface area (Å²) in [4.78, 5) is 11.8. The second-order valence-electron chi connectivity index (χ2n) is 7.02. The van der Waals surface area contributed by atoms with Crippen molar-refractivity contribution in [2.45, 2.75) is 13.5 Å². The van der Waals surface area contributed by atoms with E-state index in [-0.39, 0.29) is 0 Å². The molecule has 5 nitrogen and oxygen atoms in total. The summed E-state index contributed by atoms with van der Waals surface area (Å²) in [5.74, 6) is -0.924. The summed E-state index contributed by atoms with van der Waals surface area (Å²) in [6, 6.07) is 20.3. The van der Waals surface area contributed by atoms with E-state index in [1.165, 1.54) is 22.1 Å². The summed E-state index contributed by atoms with van der Waals surface area (Å²) in [5, 5.41) is 22.8. The first-order chi connectivity index (χ1) is 14.1. The number of carboxylic acid groups (broad SMARTS) is 1. The molecule has 2 heterocycles. The third-order valence-corrected chi connectivity index (χ3v) is 5.94. The predicted molar refractivity (Wildman–Crippen MR) is 116 cm³/mol. The van der Waals surface area contributed by atoms with Crippen LogP contribution < -0.4 is 0 Å².